The van der Waals surface area contributed by atoms with Crippen molar-refractivity contribution < 1.29 is 4.79 Å². The number of carbonyl (C=O) groups excluding carboxylic acids is 1. The smallest absolute Gasteiger partial charge is 0.225 e. The van der Waals surface area contributed by atoms with E-state index in [0.29, 0.717) is 12.5 Å². The Balaban J connectivity index is 1.45. The number of nitrogens with one attached hydrogen (secondary N) is 1. The van der Waals surface area contributed by atoms with Gasteiger partial charge in [0.05, 0.1) is 5.69 Å². The number of hydrogen-bond acceptors (Lipinski definition) is 4. The van der Waals surface area contributed by atoms with E-state index in [-0.39, 0.29) is 5.91 Å². The lowest BCUT2D eigenvalue weighted by molar-refractivity contribution is -0.116. The van der Waals surface area contributed by atoms with Crippen LogP contribution in [0.1, 0.15) is 36.6 Å². The molecule has 1 aromatic carbocycles. The maximum absolute atomic E-state index is 12.2. The summed E-state index contributed by atoms with van der Waals surface area (Å²) in [5.41, 5.74) is 4.70. The fourth-order valence-corrected chi connectivity index (χ4v) is 3.27. The van der Waals surface area contributed by atoms with Crippen LogP contribution >= 0.6 is 0 Å². The molecule has 0 saturated heterocycles. The van der Waals surface area contributed by atoms with Gasteiger partial charge in [-0.15, -0.1) is 0 Å². The van der Waals surface area contributed by atoms with Crippen LogP contribution in [0.3, 0.4) is 0 Å². The Kier molecular flexibility index (Phi) is 5.76. The molecule has 1 unspecified atom stereocenters. The minimum Gasteiger partial charge on any atom is -0.326 e. The Labute approximate surface area is 149 Å². The molecule has 0 fully saturated rings. The maximum Gasteiger partial charge on any atom is 0.225 e. The first kappa shape index (κ1) is 17.5. The van der Waals surface area contributed by atoms with Crippen LogP contribution in [-0.4, -0.2) is 40.4 Å². The van der Waals surface area contributed by atoms with E-state index in [0.717, 1.165) is 37.2 Å². The lowest BCUT2D eigenvalue weighted by Gasteiger charge is -2.24. The number of anilines is 1. The van der Waals surface area contributed by atoms with Crippen LogP contribution in [0.15, 0.2) is 36.8 Å². The Bertz CT molecular complexity index is 717. The molecule has 1 heterocycles. The first-order valence-electron chi connectivity index (χ1n) is 8.98. The second-order valence-electron chi connectivity index (χ2n) is 6.87. The van der Waals surface area contributed by atoms with E-state index in [9.17, 15) is 4.79 Å². The van der Waals surface area contributed by atoms with Crippen LogP contribution in [0.25, 0.3) is 0 Å². The van der Waals surface area contributed by atoms with Gasteiger partial charge in [-0.1, -0.05) is 6.07 Å². The predicted molar refractivity (Wildman–Crippen MR) is 99.5 cm³/mol. The third kappa shape index (κ3) is 4.86. The molecule has 0 radical (unpaired) electrons. The van der Waals surface area contributed by atoms with Gasteiger partial charge in [-0.25, -0.2) is 0 Å². The van der Waals surface area contributed by atoms with E-state index in [2.05, 4.69) is 39.2 Å². The monoisotopic (exact) mass is 338 g/mol. The lowest BCUT2D eigenvalue weighted by atomic mass is 10.1. The highest BCUT2D eigenvalue weighted by Crippen LogP contribution is 2.24. The highest BCUT2D eigenvalue weighted by Gasteiger charge is 2.14. The molecule has 1 atom stereocenters. The highest BCUT2D eigenvalue weighted by atomic mass is 16.1. The number of fused-ring (bicyclic) bond motifs is 1. The van der Waals surface area contributed by atoms with Crippen LogP contribution in [0.5, 0.6) is 0 Å². The average molecular weight is 338 g/mol. The average Bonchev–Trinajstić information content (AvgIpc) is 3.08. The van der Waals surface area contributed by atoms with Crippen molar-refractivity contribution in [3.8, 4) is 0 Å². The summed E-state index contributed by atoms with van der Waals surface area (Å²) in [5, 5.41) is 3.03. The van der Waals surface area contributed by atoms with Gasteiger partial charge in [0.25, 0.3) is 0 Å². The van der Waals surface area contributed by atoms with Gasteiger partial charge in [-0.05, 0) is 56.5 Å². The minimum absolute atomic E-state index is 0.0662. The summed E-state index contributed by atoms with van der Waals surface area (Å²) in [6.07, 6.45) is 10.0. The second-order valence-corrected chi connectivity index (χ2v) is 6.87. The second kappa shape index (κ2) is 8.21. The molecule has 5 nitrogen and oxygen atoms in total. The lowest BCUT2D eigenvalue weighted by Crippen LogP contribution is -2.33. The number of benzene rings is 1. The Hall–Kier alpha value is -2.27. The molecule has 1 aliphatic carbocycles. The molecule has 25 heavy (non-hydrogen) atoms. The van der Waals surface area contributed by atoms with E-state index in [1.165, 1.54) is 17.5 Å². The number of likely N-dealkylation sites (N-methyl/N-ethyl adjacent to an activating group) is 1. The molecule has 132 valence electrons. The van der Waals surface area contributed by atoms with Crippen LogP contribution in [0, 0.1) is 0 Å². The zero-order valence-corrected chi connectivity index (χ0v) is 15.0. The molecule has 0 aliphatic heterocycles. The zero-order valence-electron chi connectivity index (χ0n) is 15.0. The van der Waals surface area contributed by atoms with Gasteiger partial charge in [-0.2, -0.15) is 0 Å². The Morgan fingerprint density at radius 3 is 2.92 bits per heavy atom. The molecule has 0 spiro atoms. The first-order valence-corrected chi connectivity index (χ1v) is 8.98. The largest absolute Gasteiger partial charge is 0.326 e. The van der Waals surface area contributed by atoms with E-state index >= 15 is 0 Å². The summed E-state index contributed by atoms with van der Waals surface area (Å²) in [5.74, 6) is 0.0662. The zero-order chi connectivity index (χ0) is 17.6. The summed E-state index contributed by atoms with van der Waals surface area (Å²) < 4.78 is 0. The molecule has 1 aromatic heterocycles. The number of amides is 1. The van der Waals surface area contributed by atoms with Crippen molar-refractivity contribution in [2.45, 2.75) is 45.1 Å². The fourth-order valence-electron chi connectivity index (χ4n) is 3.27. The van der Waals surface area contributed by atoms with Crippen LogP contribution in [0.4, 0.5) is 5.69 Å². The quantitative estimate of drug-likeness (QED) is 0.843. The van der Waals surface area contributed by atoms with Crippen molar-refractivity contribution in [2.24, 2.45) is 0 Å². The number of aromatic nitrogens is 2. The molecule has 2 aromatic rings. The molecule has 1 N–H and O–H groups in total. The standard InChI is InChI=1S/C20H26N4O/c1-15(12-19-14-21-9-10-22-19)24(2)11-8-20(25)23-18-7-6-16-4-3-5-17(16)13-18/h6-7,9-10,13-15H,3-5,8,11-12H2,1-2H3,(H,23,25). The summed E-state index contributed by atoms with van der Waals surface area (Å²) in [6.45, 7) is 2.87. The molecule has 3 rings (SSSR count). The molecule has 0 saturated carbocycles. The number of nitrogens with zero attached hydrogens (tertiary/aromatic N) is 3. The van der Waals surface area contributed by atoms with Gasteiger partial charge in [0.15, 0.2) is 0 Å². The normalized spacial score (nSPS) is 14.4. The van der Waals surface area contributed by atoms with Crippen molar-refractivity contribution in [3.63, 3.8) is 0 Å². The van der Waals surface area contributed by atoms with Gasteiger partial charge >= 0.3 is 0 Å². The highest BCUT2D eigenvalue weighted by molar-refractivity contribution is 5.91. The maximum atomic E-state index is 12.2. The van der Waals surface area contributed by atoms with E-state index in [1.54, 1.807) is 18.6 Å². The van der Waals surface area contributed by atoms with Crippen LogP contribution in [0.2, 0.25) is 0 Å². The van der Waals surface area contributed by atoms with Crippen LogP contribution < -0.4 is 5.32 Å². The third-order valence-corrected chi connectivity index (χ3v) is 4.95. The van der Waals surface area contributed by atoms with Gasteiger partial charge in [0.1, 0.15) is 0 Å². The number of carbonyl (C=O) groups is 1. The molecule has 1 aliphatic rings. The van der Waals surface area contributed by atoms with Crippen molar-refractivity contribution >= 4 is 11.6 Å². The van der Waals surface area contributed by atoms with Gasteiger partial charge in [0.2, 0.25) is 5.91 Å². The van der Waals surface area contributed by atoms with Crippen molar-refractivity contribution in [2.75, 3.05) is 18.9 Å². The first-order chi connectivity index (χ1) is 12.1. The SMILES string of the molecule is CC(Cc1cnccn1)N(C)CCC(=O)Nc1ccc2c(c1)CCC2. The topological polar surface area (TPSA) is 58.1 Å². The third-order valence-electron chi connectivity index (χ3n) is 4.95. The predicted octanol–water partition coefficient (Wildman–Crippen LogP) is 2.86. The van der Waals surface area contributed by atoms with Crippen LogP contribution in [-0.2, 0) is 24.1 Å². The Morgan fingerprint density at radius 1 is 1.28 bits per heavy atom. The van der Waals surface area contributed by atoms with Crippen molar-refractivity contribution in [3.05, 3.63) is 53.6 Å². The van der Waals surface area contributed by atoms with Crippen molar-refractivity contribution in [1.29, 1.82) is 0 Å². The van der Waals surface area contributed by atoms with Gasteiger partial charge < -0.3 is 10.2 Å². The summed E-state index contributed by atoms with van der Waals surface area (Å²) in [6, 6.07) is 6.60. The van der Waals surface area contributed by atoms with E-state index in [1.807, 2.05) is 13.1 Å². The molecule has 1 amide bonds. The Morgan fingerprint density at radius 2 is 2.12 bits per heavy atom. The summed E-state index contributed by atoms with van der Waals surface area (Å²) in [4.78, 5) is 22.8. The molecular formula is C20H26N4O. The minimum atomic E-state index is 0.0662. The molecule has 0 bridgehead atoms. The summed E-state index contributed by atoms with van der Waals surface area (Å²) in [7, 11) is 2.05. The van der Waals surface area contributed by atoms with Crippen molar-refractivity contribution in [1.82, 2.24) is 14.9 Å². The number of hydrogen-bond donors (Lipinski definition) is 1. The number of rotatable bonds is 7. The molecular weight excluding hydrogens is 312 g/mol. The fraction of sp³-hybridized carbons (Fsp3) is 0.450. The number of aryl methyl sites for hydroxylation is 2. The van der Waals surface area contributed by atoms with Gasteiger partial charge in [-0.3, -0.25) is 14.8 Å². The van der Waals surface area contributed by atoms with E-state index < -0.39 is 0 Å². The molecule has 5 heteroatoms. The summed E-state index contributed by atoms with van der Waals surface area (Å²) >= 11 is 0. The van der Waals surface area contributed by atoms with Gasteiger partial charge in [0, 0.05) is 49.7 Å². The van der Waals surface area contributed by atoms with E-state index in [4.69, 9.17) is 0 Å².